The van der Waals surface area contributed by atoms with Crippen LogP contribution in [-0.4, -0.2) is 15.6 Å². The number of carboxylic acid groups (broad SMARTS) is 1. The fourth-order valence-electron chi connectivity index (χ4n) is 2.16. The summed E-state index contributed by atoms with van der Waals surface area (Å²) in [7, 11) is 1.87. The number of carbonyl (C=O) groups is 1. The third-order valence-corrected chi connectivity index (χ3v) is 2.99. The summed E-state index contributed by atoms with van der Waals surface area (Å²) in [6.45, 7) is 1.84. The fraction of sp³-hybridized carbons (Fsp3) is 0.308. The van der Waals surface area contributed by atoms with Crippen molar-refractivity contribution in [3.05, 3.63) is 35.8 Å². The molecule has 1 aromatic heterocycles. The summed E-state index contributed by atoms with van der Waals surface area (Å²) in [5.74, 6) is -1.27. The van der Waals surface area contributed by atoms with Gasteiger partial charge < -0.3 is 9.67 Å². The van der Waals surface area contributed by atoms with E-state index in [2.05, 4.69) is 0 Å². The van der Waals surface area contributed by atoms with Crippen molar-refractivity contribution in [3.63, 3.8) is 0 Å². The van der Waals surface area contributed by atoms with Crippen LogP contribution in [0.4, 0.5) is 4.39 Å². The SMILES string of the molecule is CC(CC(=O)O)c1cn(C)c2ccc(F)cc12. The second-order valence-corrected chi connectivity index (χ2v) is 4.36. The molecule has 0 aliphatic heterocycles. The minimum absolute atomic E-state index is 0.0512. The van der Waals surface area contributed by atoms with Crippen molar-refractivity contribution >= 4 is 16.9 Å². The van der Waals surface area contributed by atoms with Crippen molar-refractivity contribution in [2.75, 3.05) is 0 Å². The predicted molar refractivity (Wildman–Crippen MR) is 63.5 cm³/mol. The quantitative estimate of drug-likeness (QED) is 0.888. The average Bonchev–Trinajstić information content (AvgIpc) is 2.54. The van der Waals surface area contributed by atoms with Crippen molar-refractivity contribution in [2.45, 2.75) is 19.3 Å². The van der Waals surface area contributed by atoms with Gasteiger partial charge in [-0.05, 0) is 29.7 Å². The maximum Gasteiger partial charge on any atom is 0.303 e. The Hall–Kier alpha value is -1.84. The third kappa shape index (κ3) is 2.16. The van der Waals surface area contributed by atoms with Crippen molar-refractivity contribution in [1.29, 1.82) is 0 Å². The number of rotatable bonds is 3. The lowest BCUT2D eigenvalue weighted by atomic mass is 9.97. The molecule has 0 spiro atoms. The molecule has 0 amide bonds. The fourth-order valence-corrected chi connectivity index (χ4v) is 2.16. The lowest BCUT2D eigenvalue weighted by Gasteiger charge is -2.06. The van der Waals surface area contributed by atoms with Crippen LogP contribution in [0.3, 0.4) is 0 Å². The van der Waals surface area contributed by atoms with Crippen LogP contribution in [0.5, 0.6) is 0 Å². The van der Waals surface area contributed by atoms with E-state index in [1.165, 1.54) is 12.1 Å². The van der Waals surface area contributed by atoms with Crippen LogP contribution in [0.1, 0.15) is 24.8 Å². The number of fused-ring (bicyclic) bond motifs is 1. The van der Waals surface area contributed by atoms with Crippen LogP contribution in [0.15, 0.2) is 24.4 Å². The van der Waals surface area contributed by atoms with Gasteiger partial charge in [0.2, 0.25) is 0 Å². The number of carboxylic acids is 1. The number of halogens is 1. The second kappa shape index (κ2) is 4.20. The highest BCUT2D eigenvalue weighted by molar-refractivity contribution is 5.85. The lowest BCUT2D eigenvalue weighted by Crippen LogP contribution is -2.02. The molecular weight excluding hydrogens is 221 g/mol. The molecule has 2 aromatic rings. The molecule has 4 heteroatoms. The molecule has 0 saturated carbocycles. The van der Waals surface area contributed by atoms with Crippen LogP contribution >= 0.6 is 0 Å². The Balaban J connectivity index is 2.53. The smallest absolute Gasteiger partial charge is 0.303 e. The Labute approximate surface area is 98.5 Å². The van der Waals surface area contributed by atoms with Crippen molar-refractivity contribution in [1.82, 2.24) is 4.57 Å². The highest BCUT2D eigenvalue weighted by Gasteiger charge is 2.16. The first-order chi connectivity index (χ1) is 7.99. The molecule has 0 saturated heterocycles. The largest absolute Gasteiger partial charge is 0.481 e. The number of benzene rings is 1. The number of hydrogen-bond acceptors (Lipinski definition) is 1. The molecule has 1 atom stereocenters. The van der Waals surface area contributed by atoms with Gasteiger partial charge in [-0.2, -0.15) is 0 Å². The minimum atomic E-state index is -0.842. The minimum Gasteiger partial charge on any atom is -0.481 e. The van der Waals surface area contributed by atoms with Crippen LogP contribution in [0, 0.1) is 5.82 Å². The number of aromatic nitrogens is 1. The Morgan fingerprint density at radius 2 is 2.24 bits per heavy atom. The topological polar surface area (TPSA) is 42.2 Å². The summed E-state index contributed by atoms with van der Waals surface area (Å²) in [5.41, 5.74) is 1.79. The van der Waals surface area contributed by atoms with E-state index in [1.54, 1.807) is 6.07 Å². The van der Waals surface area contributed by atoms with Gasteiger partial charge in [0.1, 0.15) is 5.82 Å². The summed E-state index contributed by atoms with van der Waals surface area (Å²) in [4.78, 5) is 10.7. The van der Waals surface area contributed by atoms with E-state index in [9.17, 15) is 9.18 Å². The summed E-state index contributed by atoms with van der Waals surface area (Å²) in [6.07, 6.45) is 1.92. The van der Waals surface area contributed by atoms with Crippen molar-refractivity contribution in [2.24, 2.45) is 7.05 Å². The highest BCUT2D eigenvalue weighted by atomic mass is 19.1. The first kappa shape index (κ1) is 11.6. The zero-order chi connectivity index (χ0) is 12.6. The maximum atomic E-state index is 13.2. The average molecular weight is 235 g/mol. The molecule has 1 unspecified atom stereocenters. The maximum absolute atomic E-state index is 13.2. The predicted octanol–water partition coefficient (Wildman–Crippen LogP) is 2.90. The van der Waals surface area contributed by atoms with Crippen LogP contribution < -0.4 is 0 Å². The number of aryl methyl sites for hydroxylation is 1. The van der Waals surface area contributed by atoms with E-state index in [0.29, 0.717) is 0 Å². The molecule has 0 aliphatic rings. The van der Waals surface area contributed by atoms with E-state index < -0.39 is 5.97 Å². The van der Waals surface area contributed by atoms with E-state index in [4.69, 9.17) is 5.11 Å². The standard InChI is InChI=1S/C13H14FNO2/c1-8(5-13(16)17)11-7-15(2)12-4-3-9(14)6-10(11)12/h3-4,6-8H,5H2,1-2H3,(H,16,17). The van der Waals surface area contributed by atoms with Gasteiger partial charge in [0.05, 0.1) is 6.42 Å². The zero-order valence-corrected chi connectivity index (χ0v) is 9.77. The van der Waals surface area contributed by atoms with Gasteiger partial charge in [0.15, 0.2) is 0 Å². The molecule has 0 radical (unpaired) electrons. The summed E-state index contributed by atoms with van der Waals surface area (Å²) < 4.78 is 15.1. The van der Waals surface area contributed by atoms with Gasteiger partial charge >= 0.3 is 5.97 Å². The third-order valence-electron chi connectivity index (χ3n) is 2.99. The first-order valence-electron chi connectivity index (χ1n) is 5.45. The molecule has 3 nitrogen and oxygen atoms in total. The highest BCUT2D eigenvalue weighted by Crippen LogP contribution is 2.29. The molecule has 90 valence electrons. The van der Waals surface area contributed by atoms with Gasteiger partial charge in [0.25, 0.3) is 0 Å². The second-order valence-electron chi connectivity index (χ2n) is 4.36. The van der Waals surface area contributed by atoms with Gasteiger partial charge in [-0.3, -0.25) is 4.79 Å². The molecule has 0 fully saturated rings. The Bertz CT molecular complexity index is 574. The molecule has 1 aromatic carbocycles. The number of hydrogen-bond donors (Lipinski definition) is 1. The Morgan fingerprint density at radius 1 is 1.53 bits per heavy atom. The van der Waals surface area contributed by atoms with Gasteiger partial charge in [-0.25, -0.2) is 4.39 Å². The van der Waals surface area contributed by atoms with Gasteiger partial charge in [-0.1, -0.05) is 6.92 Å². The normalized spacial score (nSPS) is 12.9. The van der Waals surface area contributed by atoms with Crippen molar-refractivity contribution < 1.29 is 14.3 Å². The molecule has 0 aliphatic carbocycles. The molecule has 1 N–H and O–H groups in total. The van der Waals surface area contributed by atoms with Gasteiger partial charge in [0, 0.05) is 24.1 Å². The Morgan fingerprint density at radius 3 is 2.88 bits per heavy atom. The monoisotopic (exact) mass is 235 g/mol. The molecule has 0 bridgehead atoms. The van der Waals surface area contributed by atoms with Crippen LogP contribution in [0.2, 0.25) is 0 Å². The van der Waals surface area contributed by atoms with Crippen LogP contribution in [-0.2, 0) is 11.8 Å². The van der Waals surface area contributed by atoms with Crippen molar-refractivity contribution in [3.8, 4) is 0 Å². The molecular formula is C13H14FNO2. The van der Waals surface area contributed by atoms with Crippen LogP contribution in [0.25, 0.3) is 10.9 Å². The molecule has 1 heterocycles. The summed E-state index contributed by atoms with van der Waals surface area (Å²) in [5, 5.41) is 9.59. The number of aliphatic carboxylic acids is 1. The first-order valence-corrected chi connectivity index (χ1v) is 5.45. The Kier molecular flexibility index (Phi) is 2.88. The van der Waals surface area contributed by atoms with E-state index in [0.717, 1.165) is 16.5 Å². The van der Waals surface area contributed by atoms with E-state index in [-0.39, 0.29) is 18.2 Å². The summed E-state index contributed by atoms with van der Waals surface area (Å²) >= 11 is 0. The van der Waals surface area contributed by atoms with E-state index in [1.807, 2.05) is 24.7 Å². The summed E-state index contributed by atoms with van der Waals surface area (Å²) in [6, 6.07) is 4.58. The zero-order valence-electron chi connectivity index (χ0n) is 9.77. The lowest BCUT2D eigenvalue weighted by molar-refractivity contribution is -0.137. The molecule has 2 rings (SSSR count). The number of nitrogens with zero attached hydrogens (tertiary/aromatic N) is 1. The van der Waals surface area contributed by atoms with Gasteiger partial charge in [-0.15, -0.1) is 0 Å². The van der Waals surface area contributed by atoms with E-state index >= 15 is 0 Å². The molecule has 17 heavy (non-hydrogen) atoms.